The summed E-state index contributed by atoms with van der Waals surface area (Å²) in [5, 5.41) is 7.65. The van der Waals surface area contributed by atoms with Crippen LogP contribution in [0.15, 0.2) is 6.33 Å². The molecule has 92 valence electrons. The molecule has 0 spiro atoms. The van der Waals surface area contributed by atoms with Gasteiger partial charge in [-0.2, -0.15) is 5.10 Å². The maximum absolute atomic E-state index is 4.95. The van der Waals surface area contributed by atoms with E-state index in [2.05, 4.69) is 29.2 Å². The van der Waals surface area contributed by atoms with Gasteiger partial charge in [-0.25, -0.2) is 9.67 Å². The second kappa shape index (κ2) is 7.35. The fraction of sp³-hybridized carbons (Fsp3) is 0.818. The molecule has 1 rings (SSSR count). The number of hydrogen-bond acceptors (Lipinski definition) is 4. The summed E-state index contributed by atoms with van der Waals surface area (Å²) in [6, 6.07) is 0.435. The van der Waals surface area contributed by atoms with Crippen molar-refractivity contribution in [2.45, 2.75) is 39.3 Å². The Labute approximate surface area is 97.2 Å². The predicted molar refractivity (Wildman–Crippen MR) is 63.2 cm³/mol. The molecule has 0 radical (unpaired) electrons. The first-order chi connectivity index (χ1) is 7.77. The van der Waals surface area contributed by atoms with Gasteiger partial charge in [0.2, 0.25) is 0 Å². The molecule has 0 fully saturated rings. The maximum atomic E-state index is 4.95. The fourth-order valence-corrected chi connectivity index (χ4v) is 1.53. The van der Waals surface area contributed by atoms with Crippen molar-refractivity contribution in [2.75, 3.05) is 20.3 Å². The van der Waals surface area contributed by atoms with Crippen LogP contribution in [-0.2, 0) is 11.3 Å². The van der Waals surface area contributed by atoms with Gasteiger partial charge in [-0.3, -0.25) is 0 Å². The van der Waals surface area contributed by atoms with Crippen molar-refractivity contribution >= 4 is 0 Å². The second-order valence-electron chi connectivity index (χ2n) is 3.95. The summed E-state index contributed by atoms with van der Waals surface area (Å²) in [6.45, 7) is 6.60. The Balaban J connectivity index is 2.33. The third-order valence-corrected chi connectivity index (χ3v) is 2.48. The van der Waals surface area contributed by atoms with E-state index in [4.69, 9.17) is 4.74 Å². The largest absolute Gasteiger partial charge is 0.383 e. The zero-order valence-corrected chi connectivity index (χ0v) is 10.4. The molecule has 1 unspecified atom stereocenters. The molecule has 1 aromatic heterocycles. The topological polar surface area (TPSA) is 52.0 Å². The standard InChI is InChI=1S/C11H22N4O/c1-4-5-10(2)15-9-13-11(14-15)8-12-6-7-16-3/h9-10,12H,4-8H2,1-3H3. The minimum absolute atomic E-state index is 0.435. The van der Waals surface area contributed by atoms with Crippen LogP contribution < -0.4 is 5.32 Å². The molecule has 0 amide bonds. The summed E-state index contributed by atoms with van der Waals surface area (Å²) in [6.07, 6.45) is 4.12. The normalized spacial score (nSPS) is 12.9. The van der Waals surface area contributed by atoms with Crippen molar-refractivity contribution in [1.82, 2.24) is 20.1 Å². The van der Waals surface area contributed by atoms with Gasteiger partial charge in [0.25, 0.3) is 0 Å². The molecule has 16 heavy (non-hydrogen) atoms. The number of aromatic nitrogens is 3. The van der Waals surface area contributed by atoms with E-state index in [0.29, 0.717) is 19.2 Å². The molecule has 0 saturated carbocycles. The molecule has 0 saturated heterocycles. The Kier molecular flexibility index (Phi) is 6.03. The van der Waals surface area contributed by atoms with E-state index in [9.17, 15) is 0 Å². The number of rotatable bonds is 8. The molecule has 0 bridgehead atoms. The van der Waals surface area contributed by atoms with Crippen molar-refractivity contribution in [3.8, 4) is 0 Å². The summed E-state index contributed by atoms with van der Waals surface area (Å²) in [4.78, 5) is 4.27. The predicted octanol–water partition coefficient (Wildman–Crippen LogP) is 1.38. The number of ether oxygens (including phenoxy) is 1. The SMILES string of the molecule is CCCC(C)n1cnc(CNCCOC)n1. The van der Waals surface area contributed by atoms with Crippen LogP contribution in [0.4, 0.5) is 0 Å². The number of nitrogens with zero attached hydrogens (tertiary/aromatic N) is 3. The molecular formula is C11H22N4O. The van der Waals surface area contributed by atoms with E-state index in [-0.39, 0.29) is 0 Å². The van der Waals surface area contributed by atoms with Gasteiger partial charge in [-0.05, 0) is 13.3 Å². The molecule has 0 aromatic carbocycles. The third kappa shape index (κ3) is 4.28. The van der Waals surface area contributed by atoms with E-state index in [1.165, 1.54) is 6.42 Å². The smallest absolute Gasteiger partial charge is 0.164 e. The van der Waals surface area contributed by atoms with Gasteiger partial charge in [0, 0.05) is 13.7 Å². The molecule has 1 aromatic rings. The highest BCUT2D eigenvalue weighted by Gasteiger charge is 2.06. The second-order valence-corrected chi connectivity index (χ2v) is 3.95. The number of methoxy groups -OCH3 is 1. The molecule has 1 N–H and O–H groups in total. The van der Waals surface area contributed by atoms with Crippen LogP contribution in [-0.4, -0.2) is 35.0 Å². The lowest BCUT2D eigenvalue weighted by Crippen LogP contribution is -2.19. The van der Waals surface area contributed by atoms with Crippen molar-refractivity contribution in [1.29, 1.82) is 0 Å². The van der Waals surface area contributed by atoms with Gasteiger partial charge in [0.15, 0.2) is 5.82 Å². The van der Waals surface area contributed by atoms with Gasteiger partial charge in [-0.1, -0.05) is 13.3 Å². The Morgan fingerprint density at radius 3 is 3.06 bits per heavy atom. The monoisotopic (exact) mass is 226 g/mol. The van der Waals surface area contributed by atoms with Gasteiger partial charge in [0.05, 0.1) is 19.2 Å². The summed E-state index contributed by atoms with van der Waals surface area (Å²) < 4.78 is 6.89. The van der Waals surface area contributed by atoms with Gasteiger partial charge >= 0.3 is 0 Å². The van der Waals surface area contributed by atoms with E-state index in [1.807, 2.05) is 11.0 Å². The van der Waals surface area contributed by atoms with Crippen LogP contribution >= 0.6 is 0 Å². The van der Waals surface area contributed by atoms with E-state index >= 15 is 0 Å². The lowest BCUT2D eigenvalue weighted by Gasteiger charge is -2.08. The van der Waals surface area contributed by atoms with Crippen molar-refractivity contribution in [2.24, 2.45) is 0 Å². The first kappa shape index (κ1) is 13.1. The average molecular weight is 226 g/mol. The van der Waals surface area contributed by atoms with Crippen LogP contribution in [0.2, 0.25) is 0 Å². The number of nitrogens with one attached hydrogen (secondary N) is 1. The molecule has 0 aliphatic carbocycles. The fourth-order valence-electron chi connectivity index (χ4n) is 1.53. The maximum Gasteiger partial charge on any atom is 0.164 e. The van der Waals surface area contributed by atoms with Crippen LogP contribution in [0.5, 0.6) is 0 Å². The van der Waals surface area contributed by atoms with Gasteiger partial charge in [-0.15, -0.1) is 0 Å². The summed E-state index contributed by atoms with van der Waals surface area (Å²) in [7, 11) is 1.70. The molecule has 5 nitrogen and oxygen atoms in total. The van der Waals surface area contributed by atoms with E-state index < -0.39 is 0 Å². The molecule has 0 aliphatic rings. The molecule has 0 aliphatic heterocycles. The highest BCUT2D eigenvalue weighted by atomic mass is 16.5. The first-order valence-electron chi connectivity index (χ1n) is 5.87. The quantitative estimate of drug-likeness (QED) is 0.680. The molecule has 1 atom stereocenters. The zero-order chi connectivity index (χ0) is 11.8. The lowest BCUT2D eigenvalue weighted by molar-refractivity contribution is 0.199. The summed E-state index contributed by atoms with van der Waals surface area (Å²) in [5.74, 6) is 0.846. The highest BCUT2D eigenvalue weighted by molar-refractivity contribution is 4.82. The Morgan fingerprint density at radius 2 is 2.38 bits per heavy atom. The van der Waals surface area contributed by atoms with Crippen molar-refractivity contribution < 1.29 is 4.74 Å². The Hall–Kier alpha value is -0.940. The molecular weight excluding hydrogens is 204 g/mol. The van der Waals surface area contributed by atoms with E-state index in [0.717, 1.165) is 18.8 Å². The van der Waals surface area contributed by atoms with Crippen molar-refractivity contribution in [3.05, 3.63) is 12.2 Å². The summed E-state index contributed by atoms with van der Waals surface area (Å²) in [5.41, 5.74) is 0. The van der Waals surface area contributed by atoms with Crippen LogP contribution in [0.1, 0.15) is 38.6 Å². The van der Waals surface area contributed by atoms with Gasteiger partial charge < -0.3 is 10.1 Å². The lowest BCUT2D eigenvalue weighted by atomic mass is 10.2. The average Bonchev–Trinajstić information content (AvgIpc) is 2.73. The van der Waals surface area contributed by atoms with Crippen LogP contribution in [0, 0.1) is 0 Å². The highest BCUT2D eigenvalue weighted by Crippen LogP contribution is 2.10. The van der Waals surface area contributed by atoms with Gasteiger partial charge in [0.1, 0.15) is 6.33 Å². The third-order valence-electron chi connectivity index (χ3n) is 2.48. The Bertz CT molecular complexity index is 287. The molecule has 1 heterocycles. The minimum Gasteiger partial charge on any atom is -0.383 e. The molecule has 5 heteroatoms. The van der Waals surface area contributed by atoms with Crippen molar-refractivity contribution in [3.63, 3.8) is 0 Å². The van der Waals surface area contributed by atoms with Crippen LogP contribution in [0.3, 0.4) is 0 Å². The zero-order valence-electron chi connectivity index (χ0n) is 10.4. The van der Waals surface area contributed by atoms with Crippen LogP contribution in [0.25, 0.3) is 0 Å². The number of hydrogen-bond donors (Lipinski definition) is 1. The minimum atomic E-state index is 0.435. The first-order valence-corrected chi connectivity index (χ1v) is 5.87. The Morgan fingerprint density at radius 1 is 1.56 bits per heavy atom. The van der Waals surface area contributed by atoms with E-state index in [1.54, 1.807) is 7.11 Å². The summed E-state index contributed by atoms with van der Waals surface area (Å²) >= 11 is 0.